The first-order valence-corrected chi connectivity index (χ1v) is 8.41. The zero-order valence-electron chi connectivity index (χ0n) is 13.4. The van der Waals surface area contributed by atoms with E-state index in [-0.39, 0.29) is 23.3 Å². The van der Waals surface area contributed by atoms with Crippen LogP contribution < -0.4 is 0 Å². The number of nitriles is 1. The topological polar surface area (TPSA) is 83.5 Å². The summed E-state index contributed by atoms with van der Waals surface area (Å²) in [7, 11) is 0. The fraction of sp³-hybridized carbons (Fsp3) is 0.353. The highest BCUT2D eigenvalue weighted by Gasteiger charge is 2.39. The van der Waals surface area contributed by atoms with Gasteiger partial charge in [0.2, 0.25) is 5.91 Å². The van der Waals surface area contributed by atoms with Crippen LogP contribution in [-0.2, 0) is 20.7 Å². The van der Waals surface area contributed by atoms with E-state index in [1.807, 2.05) is 12.1 Å². The normalized spacial score (nSPS) is 19.1. The smallest absolute Gasteiger partial charge is 0.351 e. The van der Waals surface area contributed by atoms with Crippen LogP contribution in [-0.4, -0.2) is 35.2 Å². The summed E-state index contributed by atoms with van der Waals surface area (Å²) in [5.41, 5.74) is 0.873. The summed E-state index contributed by atoms with van der Waals surface area (Å²) >= 11 is 1.24. The lowest BCUT2D eigenvalue weighted by molar-refractivity contribution is -0.137. The molecule has 7 heteroatoms. The third-order valence-corrected chi connectivity index (χ3v) is 4.86. The Kier molecular flexibility index (Phi) is 6.27. The summed E-state index contributed by atoms with van der Waals surface area (Å²) in [6.45, 7) is 5.68. The molecule has 24 heavy (non-hydrogen) atoms. The molecule has 1 aliphatic heterocycles. The summed E-state index contributed by atoms with van der Waals surface area (Å²) in [5.74, 6) is -0.827. The molecule has 0 saturated carbocycles. The van der Waals surface area contributed by atoms with Crippen molar-refractivity contribution >= 4 is 23.6 Å². The van der Waals surface area contributed by atoms with Crippen molar-refractivity contribution in [1.29, 1.82) is 5.26 Å². The first-order chi connectivity index (χ1) is 11.6. The van der Waals surface area contributed by atoms with Crippen molar-refractivity contribution in [1.82, 2.24) is 4.90 Å². The van der Waals surface area contributed by atoms with E-state index in [0.717, 1.165) is 5.56 Å². The average Bonchev–Trinajstić information content (AvgIpc) is 3.20. The van der Waals surface area contributed by atoms with E-state index in [9.17, 15) is 14.9 Å². The van der Waals surface area contributed by atoms with E-state index in [0.29, 0.717) is 24.4 Å². The molecule has 0 spiro atoms. The summed E-state index contributed by atoms with van der Waals surface area (Å²) in [4.78, 5) is 26.0. The van der Waals surface area contributed by atoms with Gasteiger partial charge in [0, 0.05) is 6.54 Å². The van der Waals surface area contributed by atoms with Crippen LogP contribution in [0.5, 0.6) is 0 Å². The van der Waals surface area contributed by atoms with Gasteiger partial charge >= 0.3 is 5.97 Å². The number of furan rings is 1. The molecule has 1 aromatic rings. The first kappa shape index (κ1) is 17.9. The third-order valence-electron chi connectivity index (χ3n) is 3.49. The molecule has 1 atom stereocenters. The van der Waals surface area contributed by atoms with Gasteiger partial charge in [0.05, 0.1) is 17.8 Å². The molecule has 1 aliphatic rings. The van der Waals surface area contributed by atoms with Gasteiger partial charge in [-0.1, -0.05) is 24.4 Å². The number of ether oxygens (including phenoxy) is 1. The van der Waals surface area contributed by atoms with Crippen molar-refractivity contribution in [3.63, 3.8) is 0 Å². The van der Waals surface area contributed by atoms with E-state index < -0.39 is 5.97 Å². The van der Waals surface area contributed by atoms with Gasteiger partial charge in [-0.3, -0.25) is 4.79 Å². The predicted molar refractivity (Wildman–Crippen MR) is 89.6 cm³/mol. The second-order valence-corrected chi connectivity index (χ2v) is 6.23. The Morgan fingerprint density at radius 1 is 1.62 bits per heavy atom. The Balaban J connectivity index is 2.17. The van der Waals surface area contributed by atoms with Gasteiger partial charge in [-0.15, -0.1) is 0 Å². The zero-order chi connectivity index (χ0) is 17.5. The van der Waals surface area contributed by atoms with Crippen molar-refractivity contribution in [2.24, 2.45) is 0 Å². The minimum Gasteiger partial charge on any atom is -0.472 e. The van der Waals surface area contributed by atoms with Gasteiger partial charge < -0.3 is 14.1 Å². The van der Waals surface area contributed by atoms with Gasteiger partial charge in [-0.25, -0.2) is 4.79 Å². The summed E-state index contributed by atoms with van der Waals surface area (Å²) in [5, 5.41) is 9.37. The number of amides is 1. The molecular formula is C17H18N2O4S. The van der Waals surface area contributed by atoms with E-state index in [4.69, 9.17) is 9.15 Å². The number of aryl methyl sites for hydroxylation is 1. The second kappa shape index (κ2) is 8.41. The molecule has 126 valence electrons. The van der Waals surface area contributed by atoms with Crippen LogP contribution in [0.3, 0.4) is 0 Å². The molecule has 0 N–H and O–H groups in total. The minimum atomic E-state index is -0.735. The van der Waals surface area contributed by atoms with Crippen LogP contribution in [0.25, 0.3) is 0 Å². The van der Waals surface area contributed by atoms with Crippen LogP contribution in [0.15, 0.2) is 46.3 Å². The molecule has 2 heterocycles. The van der Waals surface area contributed by atoms with Gasteiger partial charge in [0.25, 0.3) is 0 Å². The summed E-state index contributed by atoms with van der Waals surface area (Å²) in [6, 6.07) is 3.72. The van der Waals surface area contributed by atoms with Gasteiger partial charge in [0.1, 0.15) is 17.7 Å². The number of nitrogens with zero attached hydrogens (tertiary/aromatic N) is 2. The molecular weight excluding hydrogens is 328 g/mol. The molecule has 1 unspecified atom stereocenters. The Hall–Kier alpha value is -2.46. The lowest BCUT2D eigenvalue weighted by Crippen LogP contribution is -2.29. The molecule has 1 saturated heterocycles. The fourth-order valence-electron chi connectivity index (χ4n) is 2.32. The van der Waals surface area contributed by atoms with E-state index in [1.54, 1.807) is 19.5 Å². The number of carbonyl (C=O) groups is 2. The van der Waals surface area contributed by atoms with Crippen LogP contribution in [0.4, 0.5) is 0 Å². The predicted octanol–water partition coefficient (Wildman–Crippen LogP) is 2.64. The Bertz CT molecular complexity index is 688. The molecule has 1 fully saturated rings. The molecule has 0 radical (unpaired) electrons. The van der Waals surface area contributed by atoms with Gasteiger partial charge in [-0.05, 0) is 31.4 Å². The number of thioether (sulfide) groups is 1. The molecule has 1 amide bonds. The highest BCUT2D eigenvalue weighted by molar-refractivity contribution is 8.04. The zero-order valence-corrected chi connectivity index (χ0v) is 14.2. The summed E-state index contributed by atoms with van der Waals surface area (Å²) < 4.78 is 9.96. The van der Waals surface area contributed by atoms with E-state index in [2.05, 4.69) is 6.58 Å². The standard InChI is InChI=1S/C17H18N2O4S/c1-3-8-23-17(21)13(10-18)16-19(4-2)15(20)14(24-16)6-5-12-7-9-22-11-12/h3,7,9,11,14H,1,4-6,8H2,2H3/b16-13-. The van der Waals surface area contributed by atoms with Crippen LogP contribution >= 0.6 is 11.8 Å². The lowest BCUT2D eigenvalue weighted by Gasteiger charge is -2.15. The SMILES string of the molecule is C=CCOC(=O)/C(C#N)=C1\SC(CCc2ccoc2)C(=O)N1CC. The number of carbonyl (C=O) groups excluding carboxylic acids is 2. The highest BCUT2D eigenvalue weighted by Crippen LogP contribution is 2.39. The molecule has 2 rings (SSSR count). The van der Waals surface area contributed by atoms with Crippen molar-refractivity contribution in [2.75, 3.05) is 13.2 Å². The second-order valence-electron chi connectivity index (χ2n) is 5.04. The summed E-state index contributed by atoms with van der Waals surface area (Å²) in [6.07, 6.45) is 5.95. The number of hydrogen-bond acceptors (Lipinski definition) is 6. The largest absolute Gasteiger partial charge is 0.472 e. The fourth-order valence-corrected chi connectivity index (χ4v) is 3.65. The van der Waals surface area contributed by atoms with Crippen LogP contribution in [0, 0.1) is 11.3 Å². The molecule has 6 nitrogen and oxygen atoms in total. The van der Waals surface area contributed by atoms with Crippen molar-refractivity contribution in [2.45, 2.75) is 25.0 Å². The average molecular weight is 346 g/mol. The van der Waals surface area contributed by atoms with Crippen molar-refractivity contribution in [3.8, 4) is 6.07 Å². The van der Waals surface area contributed by atoms with Crippen molar-refractivity contribution in [3.05, 3.63) is 47.4 Å². The maximum atomic E-state index is 12.5. The quantitative estimate of drug-likeness (QED) is 0.327. The Morgan fingerprint density at radius 3 is 3.00 bits per heavy atom. The van der Waals surface area contributed by atoms with E-state index >= 15 is 0 Å². The number of rotatable bonds is 7. The lowest BCUT2D eigenvalue weighted by atomic mass is 10.1. The number of esters is 1. The maximum absolute atomic E-state index is 12.5. The monoisotopic (exact) mass is 346 g/mol. The molecule has 0 aliphatic carbocycles. The minimum absolute atomic E-state index is 0.0198. The maximum Gasteiger partial charge on any atom is 0.351 e. The van der Waals surface area contributed by atoms with E-state index in [1.165, 1.54) is 22.7 Å². The van der Waals surface area contributed by atoms with Gasteiger partial charge in [-0.2, -0.15) is 5.26 Å². The molecule has 0 bridgehead atoms. The third kappa shape index (κ3) is 3.89. The van der Waals surface area contributed by atoms with Crippen LogP contribution in [0.1, 0.15) is 18.9 Å². The number of hydrogen-bond donors (Lipinski definition) is 0. The van der Waals surface area contributed by atoms with Crippen molar-refractivity contribution < 1.29 is 18.7 Å². The molecule has 1 aromatic heterocycles. The molecule has 0 aromatic carbocycles. The van der Waals surface area contributed by atoms with Crippen LogP contribution in [0.2, 0.25) is 0 Å². The first-order valence-electron chi connectivity index (χ1n) is 7.53. The Morgan fingerprint density at radius 2 is 2.42 bits per heavy atom. The highest BCUT2D eigenvalue weighted by atomic mass is 32.2. The Labute approximate surface area is 144 Å². The van der Waals surface area contributed by atoms with Gasteiger partial charge in [0.15, 0.2) is 5.57 Å².